The molecule has 4 nitrogen and oxygen atoms in total. The van der Waals surface area contributed by atoms with Gasteiger partial charge in [0.05, 0.1) is 17.4 Å². The normalized spacial score (nSPS) is 11.7. The number of hydrogen-bond acceptors (Lipinski definition) is 4. The van der Waals surface area contributed by atoms with Gasteiger partial charge in [0.2, 0.25) is 0 Å². The third-order valence-corrected chi connectivity index (χ3v) is 4.00. The van der Waals surface area contributed by atoms with E-state index in [-0.39, 0.29) is 5.94 Å². The van der Waals surface area contributed by atoms with Crippen LogP contribution in [0.3, 0.4) is 0 Å². The van der Waals surface area contributed by atoms with E-state index < -0.39 is 16.8 Å². The molecular weight excluding hydrogens is 300 g/mol. The quantitative estimate of drug-likeness (QED) is 0.734. The second-order valence-corrected chi connectivity index (χ2v) is 5.95. The van der Waals surface area contributed by atoms with Crippen LogP contribution in [-0.2, 0) is 15.5 Å². The van der Waals surface area contributed by atoms with E-state index in [4.69, 9.17) is 9.47 Å². The predicted octanol–water partition coefficient (Wildman–Crippen LogP) is 3.40. The van der Waals surface area contributed by atoms with E-state index in [1.807, 2.05) is 25.1 Å². The molecule has 5 heteroatoms. The number of benzene rings is 2. The molecule has 1 unspecified atom stereocenters. The topological polar surface area (TPSA) is 52.6 Å². The van der Waals surface area contributed by atoms with E-state index in [1.165, 1.54) is 0 Å². The fourth-order valence-electron chi connectivity index (χ4n) is 1.79. The maximum Gasteiger partial charge on any atom is 0.341 e. The summed E-state index contributed by atoms with van der Waals surface area (Å²) in [7, 11) is -1.29. The minimum Gasteiger partial charge on any atom is -0.479 e. The molecule has 0 aromatic heterocycles. The number of esters is 1. The Balaban J connectivity index is 2.04. The molecule has 1 atom stereocenters. The van der Waals surface area contributed by atoms with Gasteiger partial charge < -0.3 is 9.47 Å². The van der Waals surface area contributed by atoms with Crippen molar-refractivity contribution in [3.8, 4) is 5.75 Å². The van der Waals surface area contributed by atoms with Crippen LogP contribution < -0.4 is 4.74 Å². The largest absolute Gasteiger partial charge is 0.479 e. The zero-order valence-electron chi connectivity index (χ0n) is 12.4. The van der Waals surface area contributed by atoms with E-state index >= 15 is 0 Å². The van der Waals surface area contributed by atoms with Crippen LogP contribution in [0.2, 0.25) is 0 Å². The van der Waals surface area contributed by atoms with E-state index in [1.54, 1.807) is 36.4 Å². The SMILES string of the molecule is CCCOC(=O)c1ccccc1OCS(=O)c1ccccc1. The minimum absolute atomic E-state index is 0.0118. The maximum absolute atomic E-state index is 12.1. The summed E-state index contributed by atoms with van der Waals surface area (Å²) in [5.41, 5.74) is 0.348. The summed E-state index contributed by atoms with van der Waals surface area (Å²) in [6.07, 6.45) is 0.757. The van der Waals surface area contributed by atoms with Crippen molar-refractivity contribution in [2.45, 2.75) is 18.2 Å². The van der Waals surface area contributed by atoms with Gasteiger partial charge in [-0.25, -0.2) is 4.79 Å². The summed E-state index contributed by atoms with van der Waals surface area (Å²) in [4.78, 5) is 12.6. The third-order valence-electron chi connectivity index (χ3n) is 2.87. The summed E-state index contributed by atoms with van der Waals surface area (Å²) < 4.78 is 22.8. The molecule has 22 heavy (non-hydrogen) atoms. The molecule has 2 aromatic carbocycles. The van der Waals surface area contributed by atoms with E-state index in [9.17, 15) is 9.00 Å². The van der Waals surface area contributed by atoms with Crippen LogP contribution in [0.1, 0.15) is 23.7 Å². The average Bonchev–Trinajstić information content (AvgIpc) is 2.58. The van der Waals surface area contributed by atoms with Crippen molar-refractivity contribution in [3.05, 3.63) is 60.2 Å². The van der Waals surface area contributed by atoms with Crippen molar-refractivity contribution in [1.82, 2.24) is 0 Å². The van der Waals surface area contributed by atoms with Gasteiger partial charge in [-0.2, -0.15) is 0 Å². The van der Waals surface area contributed by atoms with Crippen molar-refractivity contribution in [2.75, 3.05) is 12.5 Å². The Labute approximate surface area is 132 Å². The van der Waals surface area contributed by atoms with Crippen molar-refractivity contribution in [3.63, 3.8) is 0 Å². The highest BCUT2D eigenvalue weighted by atomic mass is 32.2. The highest BCUT2D eigenvalue weighted by molar-refractivity contribution is 7.84. The molecule has 0 radical (unpaired) electrons. The van der Waals surface area contributed by atoms with Gasteiger partial charge in [0.15, 0.2) is 5.94 Å². The van der Waals surface area contributed by atoms with Gasteiger partial charge >= 0.3 is 5.97 Å². The van der Waals surface area contributed by atoms with E-state index in [2.05, 4.69) is 0 Å². The van der Waals surface area contributed by atoms with Crippen LogP contribution in [-0.4, -0.2) is 22.7 Å². The number of para-hydroxylation sites is 1. The van der Waals surface area contributed by atoms with Gasteiger partial charge in [-0.1, -0.05) is 37.3 Å². The molecule has 0 bridgehead atoms. The molecular formula is C17H18O4S. The van der Waals surface area contributed by atoms with Gasteiger partial charge in [-0.05, 0) is 30.7 Å². The van der Waals surface area contributed by atoms with Crippen molar-refractivity contribution in [1.29, 1.82) is 0 Å². The Morgan fingerprint density at radius 1 is 1.05 bits per heavy atom. The molecule has 0 heterocycles. The van der Waals surface area contributed by atoms with Crippen LogP contribution in [0.4, 0.5) is 0 Å². The lowest BCUT2D eigenvalue weighted by molar-refractivity contribution is 0.0501. The highest BCUT2D eigenvalue weighted by Crippen LogP contribution is 2.20. The van der Waals surface area contributed by atoms with Crippen LogP contribution in [0.25, 0.3) is 0 Å². The summed E-state index contributed by atoms with van der Waals surface area (Å²) >= 11 is 0. The number of rotatable bonds is 7. The Hall–Kier alpha value is -2.14. The van der Waals surface area contributed by atoms with Gasteiger partial charge in [0, 0.05) is 4.90 Å². The Morgan fingerprint density at radius 3 is 2.45 bits per heavy atom. The van der Waals surface area contributed by atoms with Gasteiger partial charge in [-0.15, -0.1) is 0 Å². The molecule has 2 aromatic rings. The average molecular weight is 318 g/mol. The van der Waals surface area contributed by atoms with Gasteiger partial charge in [0.1, 0.15) is 11.3 Å². The number of hydrogen-bond donors (Lipinski definition) is 0. The fourth-order valence-corrected chi connectivity index (χ4v) is 2.62. The van der Waals surface area contributed by atoms with Crippen molar-refractivity contribution < 1.29 is 18.5 Å². The molecule has 0 aliphatic carbocycles. The monoisotopic (exact) mass is 318 g/mol. The molecule has 0 fully saturated rings. The Morgan fingerprint density at radius 2 is 1.73 bits per heavy atom. The van der Waals surface area contributed by atoms with Crippen LogP contribution in [0, 0.1) is 0 Å². The third kappa shape index (κ3) is 4.43. The lowest BCUT2D eigenvalue weighted by atomic mass is 10.2. The lowest BCUT2D eigenvalue weighted by Gasteiger charge is -2.10. The van der Waals surface area contributed by atoms with Crippen molar-refractivity contribution in [2.24, 2.45) is 0 Å². The first kappa shape index (κ1) is 16.2. The van der Waals surface area contributed by atoms with Gasteiger partial charge in [0.25, 0.3) is 0 Å². The molecule has 0 amide bonds. The summed E-state index contributed by atoms with van der Waals surface area (Å²) in [6, 6.07) is 15.9. The highest BCUT2D eigenvalue weighted by Gasteiger charge is 2.14. The van der Waals surface area contributed by atoms with Crippen LogP contribution >= 0.6 is 0 Å². The molecule has 116 valence electrons. The van der Waals surface area contributed by atoms with Crippen LogP contribution in [0.15, 0.2) is 59.5 Å². The van der Waals surface area contributed by atoms with Crippen molar-refractivity contribution >= 4 is 16.8 Å². The number of ether oxygens (including phenoxy) is 2. The fraction of sp³-hybridized carbons (Fsp3) is 0.235. The summed E-state index contributed by atoms with van der Waals surface area (Å²) in [5.74, 6) is -0.0574. The first-order valence-corrected chi connectivity index (χ1v) is 8.36. The molecule has 2 rings (SSSR count). The predicted molar refractivity (Wildman–Crippen MR) is 85.4 cm³/mol. The maximum atomic E-state index is 12.1. The molecule has 0 saturated heterocycles. The van der Waals surface area contributed by atoms with Gasteiger partial charge in [-0.3, -0.25) is 4.21 Å². The first-order valence-electron chi connectivity index (χ1n) is 7.04. The van der Waals surface area contributed by atoms with E-state index in [0.29, 0.717) is 22.8 Å². The second-order valence-electron chi connectivity index (χ2n) is 4.55. The molecule has 0 N–H and O–H groups in total. The number of carbonyl (C=O) groups excluding carboxylic acids is 1. The molecule has 0 aliphatic heterocycles. The zero-order chi connectivity index (χ0) is 15.8. The second kappa shape index (κ2) is 8.34. The molecule has 0 aliphatic rings. The Kier molecular flexibility index (Phi) is 6.15. The van der Waals surface area contributed by atoms with Crippen LogP contribution in [0.5, 0.6) is 5.75 Å². The minimum atomic E-state index is -1.29. The summed E-state index contributed by atoms with van der Waals surface area (Å²) in [5, 5.41) is 0. The lowest BCUT2D eigenvalue weighted by Crippen LogP contribution is -2.11. The molecule has 0 spiro atoms. The molecule has 0 saturated carbocycles. The summed E-state index contributed by atoms with van der Waals surface area (Å²) in [6.45, 7) is 2.29. The number of carbonyl (C=O) groups is 1. The first-order chi connectivity index (χ1) is 10.7. The standard InChI is InChI=1S/C17H18O4S/c1-2-12-20-17(18)15-10-6-7-11-16(15)21-13-22(19)14-8-4-3-5-9-14/h3-11H,2,12-13H2,1H3. The smallest absolute Gasteiger partial charge is 0.341 e. The Bertz CT molecular complexity index is 640. The van der Waals surface area contributed by atoms with E-state index in [0.717, 1.165) is 6.42 Å². The zero-order valence-corrected chi connectivity index (χ0v) is 13.2.